The van der Waals surface area contributed by atoms with Crippen LogP contribution in [0.25, 0.3) is 0 Å². The van der Waals surface area contributed by atoms with Crippen LogP contribution in [0.4, 0.5) is 0 Å². The topological polar surface area (TPSA) is 17.1 Å². The summed E-state index contributed by atoms with van der Waals surface area (Å²) in [4.78, 5) is 11.2. The second-order valence-corrected chi connectivity index (χ2v) is 3.56. The lowest BCUT2D eigenvalue weighted by molar-refractivity contribution is -0.120. The van der Waals surface area contributed by atoms with Crippen molar-refractivity contribution in [1.82, 2.24) is 0 Å². The van der Waals surface area contributed by atoms with E-state index in [9.17, 15) is 4.79 Å². The Labute approximate surface area is 74.9 Å². The van der Waals surface area contributed by atoms with Gasteiger partial charge in [-0.15, -0.1) is 0 Å². The summed E-state index contributed by atoms with van der Waals surface area (Å²) in [5.41, 5.74) is 0. The summed E-state index contributed by atoms with van der Waals surface area (Å²) < 4.78 is 0. The minimum absolute atomic E-state index is 0.412. The minimum atomic E-state index is 0.412. The summed E-state index contributed by atoms with van der Waals surface area (Å²) >= 11 is 0. The van der Waals surface area contributed by atoms with Crippen LogP contribution >= 0.6 is 0 Å². The maximum atomic E-state index is 11.2. The van der Waals surface area contributed by atoms with Crippen molar-refractivity contribution in [2.24, 2.45) is 5.92 Å². The average molecular weight is 166 g/mol. The molecule has 0 radical (unpaired) electrons. The van der Waals surface area contributed by atoms with Crippen molar-refractivity contribution in [3.63, 3.8) is 0 Å². The van der Waals surface area contributed by atoms with Crippen molar-refractivity contribution < 1.29 is 4.79 Å². The number of hydrogen-bond donors (Lipinski definition) is 0. The first kappa shape index (κ1) is 9.50. The van der Waals surface area contributed by atoms with Gasteiger partial charge in [0.1, 0.15) is 5.78 Å². The molecule has 1 rings (SSSR count). The van der Waals surface area contributed by atoms with Crippen molar-refractivity contribution in [1.29, 1.82) is 0 Å². The molecule has 1 nitrogen and oxygen atoms in total. The van der Waals surface area contributed by atoms with E-state index in [0.29, 0.717) is 11.7 Å². The second-order valence-electron chi connectivity index (χ2n) is 3.56. The molecule has 1 aliphatic rings. The zero-order valence-electron chi connectivity index (χ0n) is 7.88. The average Bonchev–Trinajstić information content (AvgIpc) is 2.46. The molecule has 68 valence electrons. The van der Waals surface area contributed by atoms with Crippen LogP contribution < -0.4 is 0 Å². The molecule has 1 aliphatic carbocycles. The molecule has 0 aromatic heterocycles. The number of hydrogen-bond acceptors (Lipinski definition) is 1. The third-order valence-corrected chi connectivity index (χ3v) is 2.59. The maximum absolute atomic E-state index is 11.2. The van der Waals surface area contributed by atoms with Gasteiger partial charge in [-0.25, -0.2) is 0 Å². The summed E-state index contributed by atoms with van der Waals surface area (Å²) in [6, 6.07) is 0. The molecule has 0 amide bonds. The predicted octanol–water partition coefficient (Wildman–Crippen LogP) is 3.10. The maximum Gasteiger partial charge on any atom is 0.135 e. The van der Waals surface area contributed by atoms with Crippen LogP contribution in [-0.4, -0.2) is 5.78 Å². The first-order valence-corrected chi connectivity index (χ1v) is 4.98. The first-order valence-electron chi connectivity index (χ1n) is 4.98. The molecule has 1 heteroatoms. The third-order valence-electron chi connectivity index (χ3n) is 2.59. The Bertz CT molecular complexity index is 170. The highest BCUT2D eigenvalue weighted by Gasteiger charge is 2.22. The second kappa shape index (κ2) is 5.13. The number of allylic oxidation sites excluding steroid dienone is 2. The van der Waals surface area contributed by atoms with Gasteiger partial charge < -0.3 is 0 Å². The lowest BCUT2D eigenvalue weighted by atomic mass is 10.00. The van der Waals surface area contributed by atoms with Crippen molar-refractivity contribution in [3.05, 3.63) is 12.2 Å². The van der Waals surface area contributed by atoms with Gasteiger partial charge in [0, 0.05) is 12.3 Å². The van der Waals surface area contributed by atoms with Gasteiger partial charge >= 0.3 is 0 Å². The lowest BCUT2D eigenvalue weighted by Crippen LogP contribution is -2.05. The quantitative estimate of drug-likeness (QED) is 0.463. The molecule has 0 aliphatic heterocycles. The summed E-state index contributed by atoms with van der Waals surface area (Å²) in [7, 11) is 0. The number of unbranched alkanes of at least 4 members (excludes halogenated alkanes) is 1. The van der Waals surface area contributed by atoms with Crippen LogP contribution in [-0.2, 0) is 4.79 Å². The van der Waals surface area contributed by atoms with Gasteiger partial charge in [-0.2, -0.15) is 0 Å². The minimum Gasteiger partial charge on any atom is -0.299 e. The van der Waals surface area contributed by atoms with Gasteiger partial charge in [-0.05, 0) is 39.0 Å². The molecular formula is C11H18O. The molecule has 0 aromatic carbocycles. The van der Waals surface area contributed by atoms with E-state index in [4.69, 9.17) is 0 Å². The third kappa shape index (κ3) is 2.80. The molecule has 0 saturated heterocycles. The van der Waals surface area contributed by atoms with Crippen molar-refractivity contribution in [3.8, 4) is 0 Å². The Kier molecular flexibility index (Phi) is 4.06. The van der Waals surface area contributed by atoms with E-state index in [1.807, 2.05) is 6.92 Å². The zero-order valence-corrected chi connectivity index (χ0v) is 7.88. The lowest BCUT2D eigenvalue weighted by Gasteiger charge is -2.04. The summed E-state index contributed by atoms with van der Waals surface area (Å²) in [5.74, 6) is 0.922. The van der Waals surface area contributed by atoms with Crippen LogP contribution in [0.2, 0.25) is 0 Å². The molecule has 1 saturated carbocycles. The van der Waals surface area contributed by atoms with E-state index >= 15 is 0 Å². The highest BCUT2D eigenvalue weighted by Crippen LogP contribution is 2.25. The Morgan fingerprint density at radius 1 is 1.58 bits per heavy atom. The SMILES string of the molecule is C/C=C\CCC[C@H]1CCCC1=O. The van der Waals surface area contributed by atoms with E-state index < -0.39 is 0 Å². The Morgan fingerprint density at radius 3 is 3.00 bits per heavy atom. The van der Waals surface area contributed by atoms with E-state index in [0.717, 1.165) is 32.1 Å². The molecule has 1 atom stereocenters. The highest BCUT2D eigenvalue weighted by molar-refractivity contribution is 5.82. The normalized spacial score (nSPS) is 24.1. The van der Waals surface area contributed by atoms with Gasteiger partial charge in [0.2, 0.25) is 0 Å². The van der Waals surface area contributed by atoms with Crippen molar-refractivity contribution in [2.75, 3.05) is 0 Å². The van der Waals surface area contributed by atoms with Crippen LogP contribution in [0.15, 0.2) is 12.2 Å². The molecule has 12 heavy (non-hydrogen) atoms. The fraction of sp³-hybridized carbons (Fsp3) is 0.727. The fourth-order valence-corrected chi connectivity index (χ4v) is 1.84. The molecule has 0 bridgehead atoms. The smallest absolute Gasteiger partial charge is 0.135 e. The predicted molar refractivity (Wildman–Crippen MR) is 51.0 cm³/mol. The standard InChI is InChI=1S/C11H18O/c1-2-3-4-5-7-10-8-6-9-11(10)12/h2-3,10H,4-9H2,1H3/b3-2-/t10-/m0/s1. The number of rotatable bonds is 4. The van der Waals surface area contributed by atoms with Gasteiger partial charge in [-0.3, -0.25) is 4.79 Å². The van der Waals surface area contributed by atoms with Gasteiger partial charge in [-0.1, -0.05) is 12.2 Å². The molecule has 0 N–H and O–H groups in total. The molecular weight excluding hydrogens is 148 g/mol. The van der Waals surface area contributed by atoms with Crippen LogP contribution in [0.1, 0.15) is 45.4 Å². The van der Waals surface area contributed by atoms with Gasteiger partial charge in [0.05, 0.1) is 0 Å². The molecule has 1 fully saturated rings. The zero-order chi connectivity index (χ0) is 8.81. The van der Waals surface area contributed by atoms with Crippen molar-refractivity contribution >= 4 is 5.78 Å². The Balaban J connectivity index is 2.10. The Morgan fingerprint density at radius 2 is 2.42 bits per heavy atom. The van der Waals surface area contributed by atoms with Crippen molar-refractivity contribution in [2.45, 2.75) is 45.4 Å². The summed E-state index contributed by atoms with van der Waals surface area (Å²) in [6.07, 6.45) is 10.8. The van der Waals surface area contributed by atoms with E-state index in [2.05, 4.69) is 12.2 Å². The molecule has 0 aromatic rings. The highest BCUT2D eigenvalue weighted by atomic mass is 16.1. The number of Topliss-reactive ketones (excluding diaryl/α,β-unsaturated/α-hetero) is 1. The molecule has 0 spiro atoms. The fourth-order valence-electron chi connectivity index (χ4n) is 1.84. The number of carbonyl (C=O) groups is 1. The number of carbonyl (C=O) groups excluding carboxylic acids is 1. The largest absolute Gasteiger partial charge is 0.299 e. The number of ketones is 1. The van der Waals surface area contributed by atoms with Crippen LogP contribution in [0, 0.1) is 5.92 Å². The van der Waals surface area contributed by atoms with Gasteiger partial charge in [0.15, 0.2) is 0 Å². The molecule has 0 heterocycles. The van der Waals surface area contributed by atoms with E-state index in [1.165, 1.54) is 6.42 Å². The first-order chi connectivity index (χ1) is 5.84. The Hall–Kier alpha value is -0.590. The monoisotopic (exact) mass is 166 g/mol. The van der Waals surface area contributed by atoms with Crippen LogP contribution in [0.3, 0.4) is 0 Å². The summed E-state index contributed by atoms with van der Waals surface area (Å²) in [5, 5.41) is 0. The molecule has 0 unspecified atom stereocenters. The van der Waals surface area contributed by atoms with E-state index in [-0.39, 0.29) is 0 Å². The van der Waals surface area contributed by atoms with Crippen LogP contribution in [0.5, 0.6) is 0 Å². The summed E-state index contributed by atoms with van der Waals surface area (Å²) in [6.45, 7) is 2.04. The van der Waals surface area contributed by atoms with E-state index in [1.54, 1.807) is 0 Å². The van der Waals surface area contributed by atoms with Gasteiger partial charge in [0.25, 0.3) is 0 Å².